The summed E-state index contributed by atoms with van der Waals surface area (Å²) in [6.45, 7) is 2.77. The van der Waals surface area contributed by atoms with Crippen LogP contribution >= 0.6 is 0 Å². The number of aromatic nitrogens is 1. The molecule has 0 amide bonds. The molecule has 0 aliphatic heterocycles. The van der Waals surface area contributed by atoms with E-state index in [1.165, 1.54) is 25.7 Å². The molecule has 1 aliphatic rings. The van der Waals surface area contributed by atoms with Crippen molar-refractivity contribution >= 4 is 0 Å². The summed E-state index contributed by atoms with van der Waals surface area (Å²) in [7, 11) is 0. The van der Waals surface area contributed by atoms with Crippen molar-refractivity contribution in [2.75, 3.05) is 0 Å². The van der Waals surface area contributed by atoms with Crippen molar-refractivity contribution < 1.29 is 4.52 Å². The van der Waals surface area contributed by atoms with Crippen LogP contribution in [0.5, 0.6) is 0 Å². The van der Waals surface area contributed by atoms with Crippen LogP contribution in [-0.4, -0.2) is 11.2 Å². The van der Waals surface area contributed by atoms with E-state index in [2.05, 4.69) is 10.5 Å². The van der Waals surface area contributed by atoms with E-state index >= 15 is 0 Å². The van der Waals surface area contributed by atoms with Crippen molar-refractivity contribution in [3.8, 4) is 0 Å². The highest BCUT2D eigenvalue weighted by Crippen LogP contribution is 2.17. The summed E-state index contributed by atoms with van der Waals surface area (Å²) in [4.78, 5) is 0. The van der Waals surface area contributed by atoms with Gasteiger partial charge in [0, 0.05) is 18.7 Å². The van der Waals surface area contributed by atoms with E-state index in [1.54, 1.807) is 0 Å². The molecule has 0 saturated heterocycles. The molecule has 0 spiro atoms. The minimum Gasteiger partial charge on any atom is -0.361 e. The molecule has 72 valence electrons. The molecule has 0 aromatic carbocycles. The minimum atomic E-state index is 0.706. The van der Waals surface area contributed by atoms with Gasteiger partial charge in [0.25, 0.3) is 0 Å². The van der Waals surface area contributed by atoms with Crippen molar-refractivity contribution in [3.05, 3.63) is 17.5 Å². The van der Waals surface area contributed by atoms with Crippen molar-refractivity contribution in [2.45, 2.75) is 45.2 Å². The van der Waals surface area contributed by atoms with Crippen LogP contribution < -0.4 is 5.32 Å². The second-order valence-electron chi connectivity index (χ2n) is 3.79. The zero-order valence-electron chi connectivity index (χ0n) is 8.05. The molecule has 3 nitrogen and oxygen atoms in total. The molecule has 3 heteroatoms. The lowest BCUT2D eigenvalue weighted by Crippen LogP contribution is -2.25. The molecule has 0 unspecified atom stereocenters. The van der Waals surface area contributed by atoms with E-state index < -0.39 is 0 Å². The maximum Gasteiger partial charge on any atom is 0.133 e. The third kappa shape index (κ3) is 2.31. The molecule has 1 N–H and O–H groups in total. The van der Waals surface area contributed by atoms with Gasteiger partial charge in [0.15, 0.2) is 0 Å². The van der Waals surface area contributed by atoms with Crippen LogP contribution in [0.2, 0.25) is 0 Å². The van der Waals surface area contributed by atoms with E-state index in [9.17, 15) is 0 Å². The predicted molar refractivity (Wildman–Crippen MR) is 50.3 cm³/mol. The fourth-order valence-corrected chi connectivity index (χ4v) is 1.88. The van der Waals surface area contributed by atoms with Gasteiger partial charge in [-0.05, 0) is 19.8 Å². The first kappa shape index (κ1) is 8.75. The van der Waals surface area contributed by atoms with Crippen LogP contribution in [0.4, 0.5) is 0 Å². The quantitative estimate of drug-likeness (QED) is 0.773. The summed E-state index contributed by atoms with van der Waals surface area (Å²) in [5, 5.41) is 7.43. The summed E-state index contributed by atoms with van der Waals surface area (Å²) in [6, 6.07) is 2.69. The lowest BCUT2D eigenvalue weighted by molar-refractivity contribution is 0.385. The lowest BCUT2D eigenvalue weighted by atomic mass is 10.2. The molecule has 1 aliphatic carbocycles. The second kappa shape index (κ2) is 3.92. The van der Waals surface area contributed by atoms with Gasteiger partial charge in [-0.25, -0.2) is 0 Å². The lowest BCUT2D eigenvalue weighted by Gasteiger charge is -2.08. The average Bonchev–Trinajstić information content (AvgIpc) is 2.71. The van der Waals surface area contributed by atoms with Gasteiger partial charge in [-0.2, -0.15) is 0 Å². The summed E-state index contributed by atoms with van der Waals surface area (Å²) >= 11 is 0. The van der Waals surface area contributed by atoms with Gasteiger partial charge >= 0.3 is 0 Å². The highest BCUT2D eigenvalue weighted by molar-refractivity contribution is 5.03. The predicted octanol–water partition coefficient (Wildman–Crippen LogP) is 2.02. The molecule has 13 heavy (non-hydrogen) atoms. The summed E-state index contributed by atoms with van der Waals surface area (Å²) in [5.41, 5.74) is 1.02. The SMILES string of the molecule is Cc1cc(CNC2CCCC2)no1. The van der Waals surface area contributed by atoms with Crippen molar-refractivity contribution in [1.29, 1.82) is 0 Å². The third-order valence-corrected chi connectivity index (χ3v) is 2.60. The monoisotopic (exact) mass is 180 g/mol. The summed E-state index contributed by atoms with van der Waals surface area (Å²) in [5.74, 6) is 0.892. The van der Waals surface area contributed by atoms with Crippen molar-refractivity contribution in [2.24, 2.45) is 0 Å². The first-order valence-corrected chi connectivity index (χ1v) is 5.00. The zero-order chi connectivity index (χ0) is 9.10. The molecule has 2 rings (SSSR count). The highest BCUT2D eigenvalue weighted by atomic mass is 16.5. The molecular formula is C10H16N2O. The Hall–Kier alpha value is -0.830. The van der Waals surface area contributed by atoms with Crippen LogP contribution in [0.25, 0.3) is 0 Å². The van der Waals surface area contributed by atoms with Crippen molar-refractivity contribution in [1.82, 2.24) is 10.5 Å². The average molecular weight is 180 g/mol. The number of hydrogen-bond acceptors (Lipinski definition) is 3. The Kier molecular flexibility index (Phi) is 2.64. The third-order valence-electron chi connectivity index (χ3n) is 2.60. The fraction of sp³-hybridized carbons (Fsp3) is 0.700. The maximum absolute atomic E-state index is 4.99. The Bertz CT molecular complexity index is 264. The number of aryl methyl sites for hydroxylation is 1. The van der Waals surface area contributed by atoms with Gasteiger partial charge < -0.3 is 9.84 Å². The molecular weight excluding hydrogens is 164 g/mol. The topological polar surface area (TPSA) is 38.1 Å². The van der Waals surface area contributed by atoms with Crippen LogP contribution in [0.15, 0.2) is 10.6 Å². The van der Waals surface area contributed by atoms with Gasteiger partial charge in [0.2, 0.25) is 0 Å². The smallest absolute Gasteiger partial charge is 0.133 e. The summed E-state index contributed by atoms with van der Waals surface area (Å²) in [6.07, 6.45) is 5.37. The Balaban J connectivity index is 1.78. The Labute approximate surface area is 78.5 Å². The van der Waals surface area contributed by atoms with Gasteiger partial charge in [0.1, 0.15) is 5.76 Å². The van der Waals surface area contributed by atoms with Crippen LogP contribution in [0, 0.1) is 6.92 Å². The number of rotatable bonds is 3. The van der Waals surface area contributed by atoms with Gasteiger partial charge in [-0.1, -0.05) is 18.0 Å². The molecule has 1 aromatic heterocycles. The molecule has 1 aromatic rings. The molecule has 0 radical (unpaired) electrons. The molecule has 0 bridgehead atoms. The standard InChI is InChI=1S/C10H16N2O/c1-8-6-10(12-13-8)7-11-9-4-2-3-5-9/h6,9,11H,2-5,7H2,1H3. The summed E-state index contributed by atoms with van der Waals surface area (Å²) < 4.78 is 4.99. The maximum atomic E-state index is 4.99. The van der Waals surface area contributed by atoms with Crippen LogP contribution in [-0.2, 0) is 6.54 Å². The van der Waals surface area contributed by atoms with Crippen LogP contribution in [0.3, 0.4) is 0 Å². The van der Waals surface area contributed by atoms with Crippen LogP contribution in [0.1, 0.15) is 37.1 Å². The largest absolute Gasteiger partial charge is 0.361 e. The Morgan fingerprint density at radius 3 is 2.92 bits per heavy atom. The Morgan fingerprint density at radius 2 is 2.31 bits per heavy atom. The molecule has 1 fully saturated rings. The first-order valence-electron chi connectivity index (χ1n) is 5.00. The Morgan fingerprint density at radius 1 is 1.54 bits per heavy atom. The number of nitrogens with one attached hydrogen (secondary N) is 1. The molecule has 1 heterocycles. The zero-order valence-corrected chi connectivity index (χ0v) is 8.05. The second-order valence-corrected chi connectivity index (χ2v) is 3.79. The van der Waals surface area contributed by atoms with E-state index in [-0.39, 0.29) is 0 Å². The molecule has 0 atom stereocenters. The van der Waals surface area contributed by atoms with E-state index in [1.807, 2.05) is 13.0 Å². The van der Waals surface area contributed by atoms with E-state index in [4.69, 9.17) is 4.52 Å². The normalized spacial score (nSPS) is 18.2. The number of hydrogen-bond donors (Lipinski definition) is 1. The minimum absolute atomic E-state index is 0.706. The molecule has 1 saturated carbocycles. The highest BCUT2D eigenvalue weighted by Gasteiger charge is 2.14. The van der Waals surface area contributed by atoms with Gasteiger partial charge in [-0.15, -0.1) is 0 Å². The number of nitrogens with zero attached hydrogens (tertiary/aromatic N) is 1. The first-order chi connectivity index (χ1) is 6.34. The van der Waals surface area contributed by atoms with Crippen molar-refractivity contribution in [3.63, 3.8) is 0 Å². The fourth-order valence-electron chi connectivity index (χ4n) is 1.88. The van der Waals surface area contributed by atoms with Gasteiger partial charge in [0.05, 0.1) is 5.69 Å². The van der Waals surface area contributed by atoms with E-state index in [0.717, 1.165) is 18.0 Å². The van der Waals surface area contributed by atoms with E-state index in [0.29, 0.717) is 6.04 Å². The van der Waals surface area contributed by atoms with Gasteiger partial charge in [-0.3, -0.25) is 0 Å².